The minimum absolute atomic E-state index is 0. The Bertz CT molecular complexity index is 435. The molecule has 0 aromatic carbocycles. The van der Waals surface area contributed by atoms with Gasteiger partial charge in [0, 0.05) is 20.1 Å². The minimum Gasteiger partial charge on any atom is -0.481 e. The molecule has 2 heterocycles. The first-order valence-electron chi connectivity index (χ1n) is 6.48. The maximum atomic E-state index is 5.85. The van der Waals surface area contributed by atoms with Crippen molar-refractivity contribution in [3.05, 3.63) is 11.3 Å². The average Bonchev–Trinajstić information content (AvgIpc) is 2.82. The van der Waals surface area contributed by atoms with E-state index >= 15 is 0 Å². The number of aromatic nitrogens is 2. The molecule has 1 saturated heterocycles. The van der Waals surface area contributed by atoms with Crippen LogP contribution in [0.1, 0.15) is 24.6 Å². The summed E-state index contributed by atoms with van der Waals surface area (Å²) in [6.45, 7) is 8.12. The van der Waals surface area contributed by atoms with Gasteiger partial charge in [0.15, 0.2) is 0 Å². The van der Waals surface area contributed by atoms with Crippen LogP contribution in [0.4, 0.5) is 0 Å². The highest BCUT2D eigenvalue weighted by Crippen LogP contribution is 2.31. The molecule has 19 heavy (non-hydrogen) atoms. The third-order valence-electron chi connectivity index (χ3n) is 3.99. The molecule has 0 bridgehead atoms. The Balaban J connectivity index is 0.00000180. The standard InChI is InChI=1S/C13H24N4O.ClH/c1-10-11(12(18-4)16(3)15-10)7-17-6-5-13(2,8-14)9-17;/h5-9,14H2,1-4H3;1H. The van der Waals surface area contributed by atoms with E-state index in [-0.39, 0.29) is 17.8 Å². The van der Waals surface area contributed by atoms with E-state index in [2.05, 4.69) is 16.9 Å². The average molecular weight is 289 g/mol. The SMILES string of the molecule is COc1c(CN2CCC(C)(CN)C2)c(C)nn1C.Cl. The number of rotatable bonds is 4. The molecule has 0 aliphatic carbocycles. The van der Waals surface area contributed by atoms with E-state index in [0.29, 0.717) is 0 Å². The number of nitrogens with zero attached hydrogens (tertiary/aromatic N) is 3. The first-order chi connectivity index (χ1) is 8.49. The van der Waals surface area contributed by atoms with Crippen LogP contribution in [0.5, 0.6) is 5.88 Å². The zero-order valence-electron chi connectivity index (χ0n) is 12.3. The van der Waals surface area contributed by atoms with Crippen molar-refractivity contribution < 1.29 is 4.74 Å². The molecule has 1 aliphatic rings. The van der Waals surface area contributed by atoms with Crippen LogP contribution in [0.3, 0.4) is 0 Å². The summed E-state index contributed by atoms with van der Waals surface area (Å²) in [7, 11) is 3.62. The Morgan fingerprint density at radius 3 is 2.68 bits per heavy atom. The second-order valence-corrected chi connectivity index (χ2v) is 5.67. The second kappa shape index (κ2) is 6.11. The Labute approximate surface area is 121 Å². The zero-order valence-corrected chi connectivity index (χ0v) is 13.1. The van der Waals surface area contributed by atoms with Gasteiger partial charge >= 0.3 is 0 Å². The van der Waals surface area contributed by atoms with Crippen LogP contribution in [0.2, 0.25) is 0 Å². The van der Waals surface area contributed by atoms with Crippen LogP contribution < -0.4 is 10.5 Å². The summed E-state index contributed by atoms with van der Waals surface area (Å²) >= 11 is 0. The topological polar surface area (TPSA) is 56.3 Å². The fraction of sp³-hybridized carbons (Fsp3) is 0.769. The normalized spacial score (nSPS) is 23.4. The Morgan fingerprint density at radius 2 is 2.16 bits per heavy atom. The molecule has 2 N–H and O–H groups in total. The molecule has 2 rings (SSSR count). The lowest BCUT2D eigenvalue weighted by Crippen LogP contribution is -2.31. The van der Waals surface area contributed by atoms with Crippen LogP contribution >= 0.6 is 12.4 Å². The van der Waals surface area contributed by atoms with Crippen LogP contribution in [0.15, 0.2) is 0 Å². The summed E-state index contributed by atoms with van der Waals surface area (Å²) in [5, 5.41) is 4.42. The number of hydrogen-bond donors (Lipinski definition) is 1. The summed E-state index contributed by atoms with van der Waals surface area (Å²) in [5.74, 6) is 0.869. The molecule has 1 aliphatic heterocycles. The van der Waals surface area contributed by atoms with Crippen LogP contribution in [-0.4, -0.2) is 41.4 Å². The lowest BCUT2D eigenvalue weighted by atomic mass is 9.90. The number of aryl methyl sites for hydroxylation is 2. The number of nitrogens with two attached hydrogens (primary N) is 1. The molecular formula is C13H25ClN4O. The van der Waals surface area contributed by atoms with Crippen LogP contribution in [-0.2, 0) is 13.6 Å². The predicted octanol–water partition coefficient (Wildman–Crippen LogP) is 1.33. The Hall–Kier alpha value is -0.780. The Morgan fingerprint density at radius 1 is 1.47 bits per heavy atom. The quantitative estimate of drug-likeness (QED) is 0.908. The van der Waals surface area contributed by atoms with E-state index in [1.165, 1.54) is 12.0 Å². The van der Waals surface area contributed by atoms with Crippen molar-refractivity contribution in [2.24, 2.45) is 18.2 Å². The number of halogens is 1. The molecule has 1 atom stereocenters. The van der Waals surface area contributed by atoms with E-state index < -0.39 is 0 Å². The van der Waals surface area contributed by atoms with E-state index in [4.69, 9.17) is 10.5 Å². The molecule has 0 radical (unpaired) electrons. The van der Waals surface area contributed by atoms with Gasteiger partial charge in [0.1, 0.15) is 0 Å². The van der Waals surface area contributed by atoms with Gasteiger partial charge in [-0.25, -0.2) is 4.68 Å². The number of methoxy groups -OCH3 is 1. The minimum atomic E-state index is 0. The molecule has 0 amide bonds. The summed E-state index contributed by atoms with van der Waals surface area (Å²) in [6, 6.07) is 0. The monoisotopic (exact) mass is 288 g/mol. The third-order valence-corrected chi connectivity index (χ3v) is 3.99. The van der Waals surface area contributed by atoms with Gasteiger partial charge in [-0.15, -0.1) is 12.4 Å². The van der Waals surface area contributed by atoms with Gasteiger partial charge in [-0.3, -0.25) is 4.90 Å². The van der Waals surface area contributed by atoms with Crippen molar-refractivity contribution in [3.63, 3.8) is 0 Å². The van der Waals surface area contributed by atoms with Crippen molar-refractivity contribution in [2.45, 2.75) is 26.8 Å². The fourth-order valence-corrected chi connectivity index (χ4v) is 2.77. The zero-order chi connectivity index (χ0) is 13.3. The highest BCUT2D eigenvalue weighted by atomic mass is 35.5. The van der Waals surface area contributed by atoms with Crippen molar-refractivity contribution in [1.82, 2.24) is 14.7 Å². The van der Waals surface area contributed by atoms with Gasteiger partial charge in [-0.05, 0) is 31.8 Å². The Kier molecular flexibility index (Phi) is 5.24. The smallest absolute Gasteiger partial charge is 0.216 e. The molecule has 1 unspecified atom stereocenters. The van der Waals surface area contributed by atoms with E-state index in [0.717, 1.165) is 37.8 Å². The maximum Gasteiger partial charge on any atom is 0.216 e. The third kappa shape index (κ3) is 3.22. The number of likely N-dealkylation sites (tertiary alicyclic amines) is 1. The predicted molar refractivity (Wildman–Crippen MR) is 78.8 cm³/mol. The first-order valence-corrected chi connectivity index (χ1v) is 6.48. The lowest BCUT2D eigenvalue weighted by Gasteiger charge is -2.22. The molecule has 1 fully saturated rings. The number of hydrogen-bond acceptors (Lipinski definition) is 4. The van der Waals surface area contributed by atoms with Crippen molar-refractivity contribution in [3.8, 4) is 5.88 Å². The van der Waals surface area contributed by atoms with Gasteiger partial charge in [-0.1, -0.05) is 6.92 Å². The molecule has 0 spiro atoms. The molecule has 6 heteroatoms. The van der Waals surface area contributed by atoms with Crippen molar-refractivity contribution in [2.75, 3.05) is 26.7 Å². The van der Waals surface area contributed by atoms with Gasteiger partial charge in [0.2, 0.25) is 5.88 Å². The lowest BCUT2D eigenvalue weighted by molar-refractivity contribution is 0.269. The van der Waals surface area contributed by atoms with Gasteiger partial charge in [0.25, 0.3) is 0 Å². The molecule has 110 valence electrons. The molecule has 1 aromatic heterocycles. The van der Waals surface area contributed by atoms with Crippen LogP contribution in [0, 0.1) is 12.3 Å². The van der Waals surface area contributed by atoms with Gasteiger partial charge in [-0.2, -0.15) is 5.10 Å². The summed E-state index contributed by atoms with van der Waals surface area (Å²) in [4.78, 5) is 2.44. The fourth-order valence-electron chi connectivity index (χ4n) is 2.77. The van der Waals surface area contributed by atoms with Gasteiger partial charge < -0.3 is 10.5 Å². The van der Waals surface area contributed by atoms with Crippen molar-refractivity contribution >= 4 is 12.4 Å². The van der Waals surface area contributed by atoms with E-state index in [9.17, 15) is 0 Å². The number of ether oxygens (including phenoxy) is 1. The molecule has 1 aromatic rings. The largest absolute Gasteiger partial charge is 0.481 e. The second-order valence-electron chi connectivity index (χ2n) is 5.67. The molecular weight excluding hydrogens is 264 g/mol. The summed E-state index contributed by atoms with van der Waals surface area (Å²) < 4.78 is 7.24. The van der Waals surface area contributed by atoms with E-state index in [1.807, 2.05) is 18.7 Å². The highest BCUT2D eigenvalue weighted by molar-refractivity contribution is 5.85. The first kappa shape index (κ1) is 16.3. The highest BCUT2D eigenvalue weighted by Gasteiger charge is 2.33. The molecule has 5 nitrogen and oxygen atoms in total. The summed E-state index contributed by atoms with van der Waals surface area (Å²) in [6.07, 6.45) is 1.17. The van der Waals surface area contributed by atoms with Crippen molar-refractivity contribution in [1.29, 1.82) is 0 Å². The van der Waals surface area contributed by atoms with Crippen LogP contribution in [0.25, 0.3) is 0 Å². The van der Waals surface area contributed by atoms with E-state index in [1.54, 1.807) is 7.11 Å². The summed E-state index contributed by atoms with van der Waals surface area (Å²) in [5.41, 5.74) is 8.36. The van der Waals surface area contributed by atoms with Gasteiger partial charge in [0.05, 0.1) is 18.4 Å². The molecule has 0 saturated carbocycles. The maximum absolute atomic E-state index is 5.85.